The van der Waals surface area contributed by atoms with Gasteiger partial charge in [-0.25, -0.2) is 13.2 Å². The largest absolute Gasteiger partial charge is 0.322 e. The van der Waals surface area contributed by atoms with Gasteiger partial charge in [0.25, 0.3) is 5.91 Å². The lowest BCUT2D eigenvalue weighted by atomic mass is 10.1. The monoisotopic (exact) mass is 316 g/mol. The molecule has 1 aliphatic heterocycles. The molecule has 0 saturated carbocycles. The molecule has 2 rings (SSSR count). The van der Waals surface area contributed by atoms with Crippen molar-refractivity contribution in [3.63, 3.8) is 0 Å². The van der Waals surface area contributed by atoms with Gasteiger partial charge in [0, 0.05) is 10.6 Å². The molecule has 1 fully saturated rings. The van der Waals surface area contributed by atoms with Crippen LogP contribution in [0.1, 0.15) is 25.5 Å². The predicted octanol–water partition coefficient (Wildman–Crippen LogP) is 1.40. The van der Waals surface area contributed by atoms with Crippen molar-refractivity contribution in [1.29, 1.82) is 0 Å². The maximum absolute atomic E-state index is 12.3. The fourth-order valence-electron chi connectivity index (χ4n) is 1.89. The smallest absolute Gasteiger partial charge is 0.322 e. The quantitative estimate of drug-likeness (QED) is 0.824. The van der Waals surface area contributed by atoms with Gasteiger partial charge in [-0.05, 0) is 32.0 Å². The first-order chi connectivity index (χ1) is 9.23. The number of amides is 3. The number of urea groups is 1. The fourth-order valence-corrected chi connectivity index (χ4v) is 3.35. The highest BCUT2D eigenvalue weighted by molar-refractivity contribution is 7.92. The SMILES string of the molecule is CC(C)S(=O)(=O)c1ccc(Cl)cc1C1NC(=O)NC1=O. The van der Waals surface area contributed by atoms with Crippen molar-refractivity contribution < 1.29 is 18.0 Å². The van der Waals surface area contributed by atoms with Crippen molar-refractivity contribution >= 4 is 33.4 Å². The van der Waals surface area contributed by atoms with Crippen LogP contribution in [0.5, 0.6) is 0 Å². The van der Waals surface area contributed by atoms with Crippen LogP contribution in [-0.2, 0) is 14.6 Å². The Morgan fingerprint density at radius 3 is 2.40 bits per heavy atom. The first-order valence-corrected chi connectivity index (χ1v) is 7.80. The summed E-state index contributed by atoms with van der Waals surface area (Å²) in [5.41, 5.74) is 0.176. The Balaban J connectivity index is 2.61. The Kier molecular flexibility index (Phi) is 3.75. The van der Waals surface area contributed by atoms with E-state index in [1.54, 1.807) is 13.8 Å². The first-order valence-electron chi connectivity index (χ1n) is 5.88. The van der Waals surface area contributed by atoms with Crippen LogP contribution in [0.15, 0.2) is 23.1 Å². The highest BCUT2D eigenvalue weighted by Gasteiger charge is 2.35. The van der Waals surface area contributed by atoms with Gasteiger partial charge in [0.15, 0.2) is 9.84 Å². The number of nitrogens with one attached hydrogen (secondary N) is 2. The van der Waals surface area contributed by atoms with Crippen LogP contribution in [0.2, 0.25) is 5.02 Å². The van der Waals surface area contributed by atoms with Gasteiger partial charge in [0.05, 0.1) is 10.1 Å². The molecule has 0 spiro atoms. The molecule has 0 aliphatic carbocycles. The molecule has 1 unspecified atom stereocenters. The van der Waals surface area contributed by atoms with E-state index >= 15 is 0 Å². The third kappa shape index (κ3) is 2.51. The Morgan fingerprint density at radius 1 is 1.25 bits per heavy atom. The molecule has 1 atom stereocenters. The molecule has 0 radical (unpaired) electrons. The second-order valence-electron chi connectivity index (χ2n) is 4.67. The number of carbonyl (C=O) groups excluding carboxylic acids is 2. The summed E-state index contributed by atoms with van der Waals surface area (Å²) >= 11 is 5.87. The minimum atomic E-state index is -3.59. The molecule has 20 heavy (non-hydrogen) atoms. The molecule has 8 heteroatoms. The number of benzene rings is 1. The fraction of sp³-hybridized carbons (Fsp3) is 0.333. The predicted molar refractivity (Wildman–Crippen MR) is 73.2 cm³/mol. The summed E-state index contributed by atoms with van der Waals surface area (Å²) in [4.78, 5) is 22.9. The minimum Gasteiger partial charge on any atom is -0.322 e. The lowest BCUT2D eigenvalue weighted by Gasteiger charge is -2.16. The number of carbonyl (C=O) groups is 2. The van der Waals surface area contributed by atoms with Crippen molar-refractivity contribution in [1.82, 2.24) is 10.6 Å². The molecule has 0 bridgehead atoms. The number of sulfone groups is 1. The normalized spacial score (nSPS) is 19.1. The summed E-state index contributed by atoms with van der Waals surface area (Å²) in [6, 6.07) is 2.46. The van der Waals surface area contributed by atoms with E-state index in [1.165, 1.54) is 18.2 Å². The highest BCUT2D eigenvalue weighted by Crippen LogP contribution is 2.30. The number of halogens is 1. The van der Waals surface area contributed by atoms with Gasteiger partial charge in [-0.2, -0.15) is 0 Å². The van der Waals surface area contributed by atoms with Crippen LogP contribution in [0.25, 0.3) is 0 Å². The summed E-state index contributed by atoms with van der Waals surface area (Å²) in [6.07, 6.45) is 0. The van der Waals surface area contributed by atoms with E-state index in [1.807, 2.05) is 0 Å². The third-order valence-electron chi connectivity index (χ3n) is 2.98. The lowest BCUT2D eigenvalue weighted by molar-refractivity contribution is -0.120. The van der Waals surface area contributed by atoms with E-state index in [2.05, 4.69) is 10.6 Å². The van der Waals surface area contributed by atoms with Gasteiger partial charge in [0.2, 0.25) is 0 Å². The average molecular weight is 317 g/mol. The summed E-state index contributed by atoms with van der Waals surface area (Å²) in [7, 11) is -3.59. The van der Waals surface area contributed by atoms with Crippen LogP contribution in [0.3, 0.4) is 0 Å². The summed E-state index contributed by atoms with van der Waals surface area (Å²) in [5.74, 6) is -0.600. The Hall–Kier alpha value is -1.60. The Labute approximate surface area is 121 Å². The third-order valence-corrected chi connectivity index (χ3v) is 5.45. The van der Waals surface area contributed by atoms with E-state index < -0.39 is 33.1 Å². The van der Waals surface area contributed by atoms with E-state index in [0.29, 0.717) is 0 Å². The molecule has 108 valence electrons. The van der Waals surface area contributed by atoms with E-state index in [9.17, 15) is 18.0 Å². The van der Waals surface area contributed by atoms with Crippen LogP contribution in [-0.4, -0.2) is 25.6 Å². The van der Waals surface area contributed by atoms with E-state index in [-0.39, 0.29) is 15.5 Å². The van der Waals surface area contributed by atoms with Crippen molar-refractivity contribution in [2.45, 2.75) is 30.0 Å². The van der Waals surface area contributed by atoms with Gasteiger partial charge in [0.1, 0.15) is 6.04 Å². The highest BCUT2D eigenvalue weighted by atomic mass is 35.5. The Morgan fingerprint density at radius 2 is 1.90 bits per heavy atom. The molecule has 6 nitrogen and oxygen atoms in total. The zero-order valence-electron chi connectivity index (χ0n) is 10.8. The topological polar surface area (TPSA) is 92.3 Å². The maximum Gasteiger partial charge on any atom is 0.322 e. The van der Waals surface area contributed by atoms with E-state index in [4.69, 9.17) is 11.6 Å². The Bertz CT molecular complexity index is 685. The average Bonchev–Trinajstić information content (AvgIpc) is 2.67. The minimum absolute atomic E-state index is 0.000694. The lowest BCUT2D eigenvalue weighted by Crippen LogP contribution is -2.24. The molecule has 1 heterocycles. The van der Waals surface area contributed by atoms with Gasteiger partial charge < -0.3 is 5.32 Å². The molecule has 1 saturated heterocycles. The van der Waals surface area contributed by atoms with Crippen molar-refractivity contribution in [2.75, 3.05) is 0 Å². The second kappa shape index (κ2) is 5.06. The zero-order valence-corrected chi connectivity index (χ0v) is 12.4. The maximum atomic E-state index is 12.3. The number of hydrogen-bond donors (Lipinski definition) is 2. The number of imide groups is 1. The first kappa shape index (κ1) is 14.8. The summed E-state index contributed by atoms with van der Waals surface area (Å²) < 4.78 is 24.6. The van der Waals surface area contributed by atoms with Gasteiger partial charge in [-0.15, -0.1) is 0 Å². The summed E-state index contributed by atoms with van der Waals surface area (Å²) in [6.45, 7) is 3.09. The van der Waals surface area contributed by atoms with Gasteiger partial charge >= 0.3 is 6.03 Å². The molecule has 1 aromatic rings. The van der Waals surface area contributed by atoms with Gasteiger partial charge in [-0.1, -0.05) is 11.6 Å². The zero-order chi connectivity index (χ0) is 15.1. The molecule has 3 amide bonds. The molecule has 2 N–H and O–H groups in total. The second-order valence-corrected chi connectivity index (χ2v) is 7.58. The molecule has 1 aromatic carbocycles. The van der Waals surface area contributed by atoms with Crippen LogP contribution >= 0.6 is 11.6 Å². The number of hydrogen-bond acceptors (Lipinski definition) is 4. The standard InChI is InChI=1S/C12H13ClN2O4S/c1-6(2)20(18,19)9-4-3-7(13)5-8(9)10-11(16)15-12(17)14-10/h3-6,10H,1-2H3,(H2,14,15,16,17). The summed E-state index contributed by atoms with van der Waals surface area (Å²) in [5, 5.41) is 4.08. The van der Waals surface area contributed by atoms with Gasteiger partial charge in [-0.3, -0.25) is 10.1 Å². The molecule has 0 aromatic heterocycles. The van der Waals surface area contributed by atoms with Crippen LogP contribution < -0.4 is 10.6 Å². The molecule has 1 aliphatic rings. The van der Waals surface area contributed by atoms with Crippen molar-refractivity contribution in [3.8, 4) is 0 Å². The van der Waals surface area contributed by atoms with Crippen LogP contribution in [0, 0.1) is 0 Å². The van der Waals surface area contributed by atoms with E-state index in [0.717, 1.165) is 0 Å². The van der Waals surface area contributed by atoms with Crippen molar-refractivity contribution in [3.05, 3.63) is 28.8 Å². The molecular formula is C12H13ClN2O4S. The molecular weight excluding hydrogens is 304 g/mol. The van der Waals surface area contributed by atoms with Crippen LogP contribution in [0.4, 0.5) is 4.79 Å². The van der Waals surface area contributed by atoms with Crippen molar-refractivity contribution in [2.24, 2.45) is 0 Å². The number of rotatable bonds is 3.